The van der Waals surface area contributed by atoms with E-state index in [4.69, 9.17) is 5.84 Å². The molecule has 0 radical (unpaired) electrons. The van der Waals surface area contributed by atoms with Crippen LogP contribution in [0.25, 0.3) is 0 Å². The number of nitrogens with two attached hydrogens (primary N) is 1. The van der Waals surface area contributed by atoms with Crippen molar-refractivity contribution in [3.63, 3.8) is 0 Å². The number of nitrogens with zero attached hydrogens (tertiary/aromatic N) is 1. The van der Waals surface area contributed by atoms with E-state index in [1.165, 1.54) is 43.4 Å². The minimum atomic E-state index is -0.241. The van der Waals surface area contributed by atoms with E-state index in [0.29, 0.717) is 10.8 Å². The second-order valence-corrected chi connectivity index (χ2v) is 4.93. The highest BCUT2D eigenvalue weighted by Gasteiger charge is 2.19. The fourth-order valence-electron chi connectivity index (χ4n) is 2.00. The number of hydrogen-bond donors (Lipinski definition) is 2. The van der Waals surface area contributed by atoms with Crippen molar-refractivity contribution in [3.8, 4) is 0 Å². The van der Waals surface area contributed by atoms with E-state index in [1.807, 2.05) is 0 Å². The first-order valence-electron chi connectivity index (χ1n) is 5.28. The second kappa shape index (κ2) is 4.72. The number of carbonyl (C=O) groups excluding carboxylic acids is 1. The molecule has 1 fully saturated rings. The third-order valence-corrected chi connectivity index (χ3v) is 3.99. The summed E-state index contributed by atoms with van der Waals surface area (Å²) in [5, 5.41) is 1.09. The lowest BCUT2D eigenvalue weighted by atomic mass is 9.90. The summed E-state index contributed by atoms with van der Waals surface area (Å²) < 4.78 is 0. The van der Waals surface area contributed by atoms with Gasteiger partial charge in [0.1, 0.15) is 4.88 Å². The lowest BCUT2D eigenvalue weighted by molar-refractivity contribution is 0.0957. The Kier molecular flexibility index (Phi) is 3.33. The molecule has 0 spiro atoms. The van der Waals surface area contributed by atoms with Crippen LogP contribution in [0.2, 0.25) is 0 Å². The molecule has 0 atom stereocenters. The van der Waals surface area contributed by atoms with Crippen LogP contribution in [0.5, 0.6) is 0 Å². The van der Waals surface area contributed by atoms with Crippen LogP contribution in [-0.2, 0) is 0 Å². The van der Waals surface area contributed by atoms with Crippen molar-refractivity contribution in [2.24, 2.45) is 5.84 Å². The van der Waals surface area contributed by atoms with E-state index in [-0.39, 0.29) is 5.91 Å². The van der Waals surface area contributed by atoms with Crippen molar-refractivity contribution in [3.05, 3.63) is 16.1 Å². The molecule has 0 aliphatic heterocycles. The Labute approximate surface area is 92.9 Å². The molecule has 0 saturated heterocycles. The summed E-state index contributed by atoms with van der Waals surface area (Å²) in [6.07, 6.45) is 7.93. The molecule has 0 unspecified atom stereocenters. The Hall–Kier alpha value is -0.940. The Balaban J connectivity index is 2.08. The van der Waals surface area contributed by atoms with Crippen LogP contribution in [0, 0.1) is 0 Å². The van der Waals surface area contributed by atoms with Gasteiger partial charge < -0.3 is 0 Å². The van der Waals surface area contributed by atoms with Crippen molar-refractivity contribution in [2.45, 2.75) is 38.0 Å². The van der Waals surface area contributed by atoms with Crippen LogP contribution in [0.1, 0.15) is 52.7 Å². The Morgan fingerprint density at radius 3 is 2.87 bits per heavy atom. The lowest BCUT2D eigenvalue weighted by Gasteiger charge is -2.18. The number of amides is 1. The SMILES string of the molecule is NNC(=O)c1cnc(C2CCCCC2)s1. The summed E-state index contributed by atoms with van der Waals surface area (Å²) in [6, 6.07) is 0. The number of thiazole rings is 1. The number of nitrogens with one attached hydrogen (secondary N) is 1. The number of nitrogen functional groups attached to an aromatic ring is 1. The molecule has 5 heteroatoms. The summed E-state index contributed by atoms with van der Waals surface area (Å²) in [5.41, 5.74) is 2.13. The van der Waals surface area contributed by atoms with Crippen LogP contribution < -0.4 is 11.3 Å². The quantitative estimate of drug-likeness (QED) is 0.458. The Morgan fingerprint density at radius 2 is 2.20 bits per heavy atom. The number of rotatable bonds is 2. The monoisotopic (exact) mass is 225 g/mol. The molecule has 2 rings (SSSR count). The molecule has 1 amide bonds. The number of hydrogen-bond acceptors (Lipinski definition) is 4. The molecular weight excluding hydrogens is 210 g/mol. The van der Waals surface area contributed by atoms with Gasteiger partial charge in [-0.05, 0) is 12.8 Å². The highest BCUT2D eigenvalue weighted by atomic mass is 32.1. The fraction of sp³-hybridized carbons (Fsp3) is 0.600. The zero-order valence-corrected chi connectivity index (χ0v) is 9.35. The van der Waals surface area contributed by atoms with Crippen molar-refractivity contribution in [1.82, 2.24) is 10.4 Å². The van der Waals surface area contributed by atoms with Gasteiger partial charge in [-0.1, -0.05) is 19.3 Å². The maximum Gasteiger partial charge on any atom is 0.276 e. The van der Waals surface area contributed by atoms with Gasteiger partial charge in [0.2, 0.25) is 0 Å². The zero-order valence-electron chi connectivity index (χ0n) is 8.53. The molecule has 0 aromatic carbocycles. The van der Waals surface area contributed by atoms with Crippen molar-refractivity contribution in [1.29, 1.82) is 0 Å². The topological polar surface area (TPSA) is 68.0 Å². The molecule has 1 saturated carbocycles. The van der Waals surface area contributed by atoms with Gasteiger partial charge in [-0.25, -0.2) is 10.8 Å². The van der Waals surface area contributed by atoms with Crippen molar-refractivity contribution < 1.29 is 4.79 Å². The third-order valence-electron chi connectivity index (χ3n) is 2.83. The number of hydrazine groups is 1. The first-order chi connectivity index (χ1) is 7.31. The summed E-state index contributed by atoms with van der Waals surface area (Å²) in [4.78, 5) is 16.2. The van der Waals surface area contributed by atoms with Crippen LogP contribution in [-0.4, -0.2) is 10.9 Å². The maximum absolute atomic E-state index is 11.2. The van der Waals surface area contributed by atoms with Crippen molar-refractivity contribution in [2.75, 3.05) is 0 Å². The Morgan fingerprint density at radius 1 is 1.47 bits per heavy atom. The molecule has 1 aliphatic rings. The van der Waals surface area contributed by atoms with Gasteiger partial charge in [0.15, 0.2) is 0 Å². The van der Waals surface area contributed by atoms with Crippen molar-refractivity contribution >= 4 is 17.2 Å². The van der Waals surface area contributed by atoms with E-state index >= 15 is 0 Å². The van der Waals surface area contributed by atoms with Crippen LogP contribution >= 0.6 is 11.3 Å². The molecule has 82 valence electrons. The van der Waals surface area contributed by atoms with Gasteiger partial charge in [0.25, 0.3) is 5.91 Å². The van der Waals surface area contributed by atoms with E-state index in [1.54, 1.807) is 6.20 Å². The first kappa shape index (κ1) is 10.6. The zero-order chi connectivity index (χ0) is 10.7. The van der Waals surface area contributed by atoms with E-state index in [0.717, 1.165) is 5.01 Å². The summed E-state index contributed by atoms with van der Waals surface area (Å²) in [7, 11) is 0. The van der Waals surface area contributed by atoms with Crippen LogP contribution in [0.3, 0.4) is 0 Å². The third kappa shape index (κ3) is 2.35. The smallest absolute Gasteiger partial charge is 0.276 e. The molecule has 1 aromatic heterocycles. The normalized spacial score (nSPS) is 17.7. The average molecular weight is 225 g/mol. The minimum absolute atomic E-state index is 0.241. The molecular formula is C10H15N3OS. The first-order valence-corrected chi connectivity index (χ1v) is 6.09. The Bertz CT molecular complexity index is 344. The standard InChI is InChI=1S/C10H15N3OS/c11-13-9(14)8-6-12-10(15-8)7-4-2-1-3-5-7/h6-7H,1-5,11H2,(H,13,14). The largest absolute Gasteiger partial charge is 0.289 e. The van der Waals surface area contributed by atoms with Gasteiger partial charge in [0, 0.05) is 5.92 Å². The number of aromatic nitrogens is 1. The molecule has 15 heavy (non-hydrogen) atoms. The lowest BCUT2D eigenvalue weighted by Crippen LogP contribution is -2.29. The van der Waals surface area contributed by atoms with Crippen LogP contribution in [0.15, 0.2) is 6.20 Å². The highest BCUT2D eigenvalue weighted by molar-refractivity contribution is 7.13. The second-order valence-electron chi connectivity index (χ2n) is 3.87. The summed E-state index contributed by atoms with van der Waals surface area (Å²) in [6.45, 7) is 0. The molecule has 1 heterocycles. The summed E-state index contributed by atoms with van der Waals surface area (Å²) >= 11 is 1.47. The molecule has 4 nitrogen and oxygen atoms in total. The molecule has 1 aromatic rings. The van der Waals surface area contributed by atoms with E-state index in [9.17, 15) is 4.79 Å². The minimum Gasteiger partial charge on any atom is -0.289 e. The van der Waals surface area contributed by atoms with Gasteiger partial charge in [0.05, 0.1) is 11.2 Å². The van der Waals surface area contributed by atoms with Crippen LogP contribution in [0.4, 0.5) is 0 Å². The van der Waals surface area contributed by atoms with E-state index < -0.39 is 0 Å². The van der Waals surface area contributed by atoms with Gasteiger partial charge in [-0.2, -0.15) is 0 Å². The predicted octanol–water partition coefficient (Wildman–Crippen LogP) is 1.79. The van der Waals surface area contributed by atoms with Gasteiger partial charge in [-0.15, -0.1) is 11.3 Å². The maximum atomic E-state index is 11.2. The van der Waals surface area contributed by atoms with E-state index in [2.05, 4.69) is 10.4 Å². The average Bonchev–Trinajstić information content (AvgIpc) is 2.78. The number of carbonyl (C=O) groups is 1. The molecule has 0 bridgehead atoms. The fourth-order valence-corrected chi connectivity index (χ4v) is 2.99. The molecule has 1 aliphatic carbocycles. The van der Waals surface area contributed by atoms with Gasteiger partial charge >= 0.3 is 0 Å². The summed E-state index contributed by atoms with van der Waals surface area (Å²) in [5.74, 6) is 5.39. The predicted molar refractivity (Wildman–Crippen MR) is 59.6 cm³/mol. The van der Waals surface area contributed by atoms with Gasteiger partial charge in [-0.3, -0.25) is 10.2 Å². The molecule has 3 N–H and O–H groups in total. The highest BCUT2D eigenvalue weighted by Crippen LogP contribution is 2.34.